The predicted molar refractivity (Wildman–Crippen MR) is 65.7 cm³/mol. The minimum Gasteiger partial charge on any atom is -0.313 e. The molecule has 16 heavy (non-hydrogen) atoms. The number of nitrogens with one attached hydrogen (secondary N) is 1. The maximum absolute atomic E-state index is 4.31. The monoisotopic (exact) mass is 252 g/mol. The first kappa shape index (κ1) is 11.5. The molecule has 2 aromatic heterocycles. The molecule has 0 aromatic carbocycles. The zero-order valence-electron chi connectivity index (χ0n) is 9.04. The quantitative estimate of drug-likeness (QED) is 0.905. The first-order valence-corrected chi connectivity index (χ1v) is 6.56. The van der Waals surface area contributed by atoms with Crippen LogP contribution < -0.4 is 5.32 Å². The molecule has 1 unspecified atom stereocenters. The standard InChI is InChI=1S/C10H12N4S2/c1-7(11-2)8-3-4-12-9(5-8)16-10-14-13-6-15-10/h3-7,11H,1-2H3. The Hall–Kier alpha value is -0.980. The van der Waals surface area contributed by atoms with Crippen molar-refractivity contribution in [2.75, 3.05) is 7.05 Å². The fraction of sp³-hybridized carbons (Fsp3) is 0.300. The topological polar surface area (TPSA) is 50.7 Å². The minimum absolute atomic E-state index is 0.330. The van der Waals surface area contributed by atoms with Crippen LogP contribution in [0.25, 0.3) is 0 Å². The van der Waals surface area contributed by atoms with Gasteiger partial charge in [0.15, 0.2) is 4.34 Å². The summed E-state index contributed by atoms with van der Waals surface area (Å²) >= 11 is 3.07. The molecule has 0 bridgehead atoms. The van der Waals surface area contributed by atoms with Crippen molar-refractivity contribution >= 4 is 23.1 Å². The van der Waals surface area contributed by atoms with Gasteiger partial charge in [-0.15, -0.1) is 10.2 Å². The average molecular weight is 252 g/mol. The lowest BCUT2D eigenvalue weighted by Crippen LogP contribution is -2.12. The van der Waals surface area contributed by atoms with Crippen LogP contribution >= 0.6 is 23.1 Å². The fourth-order valence-electron chi connectivity index (χ4n) is 1.21. The molecule has 0 aliphatic rings. The number of aromatic nitrogens is 3. The molecule has 0 spiro atoms. The number of nitrogens with zero attached hydrogens (tertiary/aromatic N) is 3. The second kappa shape index (κ2) is 5.38. The second-order valence-electron chi connectivity index (χ2n) is 3.24. The van der Waals surface area contributed by atoms with Gasteiger partial charge in [-0.1, -0.05) is 11.3 Å². The van der Waals surface area contributed by atoms with Crippen LogP contribution in [0.1, 0.15) is 18.5 Å². The van der Waals surface area contributed by atoms with E-state index in [1.807, 2.05) is 19.3 Å². The Morgan fingerprint density at radius 2 is 2.38 bits per heavy atom. The van der Waals surface area contributed by atoms with E-state index in [2.05, 4.69) is 33.5 Å². The van der Waals surface area contributed by atoms with Gasteiger partial charge in [-0.25, -0.2) is 4.98 Å². The van der Waals surface area contributed by atoms with E-state index in [1.165, 1.54) is 16.9 Å². The van der Waals surface area contributed by atoms with Gasteiger partial charge in [0, 0.05) is 12.2 Å². The highest BCUT2D eigenvalue weighted by atomic mass is 32.2. The zero-order chi connectivity index (χ0) is 11.4. The molecule has 0 aliphatic heterocycles. The highest BCUT2D eigenvalue weighted by Crippen LogP contribution is 2.28. The van der Waals surface area contributed by atoms with Gasteiger partial charge >= 0.3 is 0 Å². The molecular formula is C10H12N4S2. The van der Waals surface area contributed by atoms with E-state index < -0.39 is 0 Å². The normalized spacial score (nSPS) is 12.6. The van der Waals surface area contributed by atoms with Gasteiger partial charge < -0.3 is 5.32 Å². The number of hydrogen-bond acceptors (Lipinski definition) is 6. The number of pyridine rings is 1. The lowest BCUT2D eigenvalue weighted by molar-refractivity contribution is 0.649. The minimum atomic E-state index is 0.330. The van der Waals surface area contributed by atoms with E-state index in [4.69, 9.17) is 0 Å². The van der Waals surface area contributed by atoms with E-state index in [0.717, 1.165) is 9.37 Å². The molecule has 1 N–H and O–H groups in total. The third kappa shape index (κ3) is 2.78. The summed E-state index contributed by atoms with van der Waals surface area (Å²) in [5.41, 5.74) is 2.95. The molecule has 6 heteroatoms. The van der Waals surface area contributed by atoms with Crippen LogP contribution in [-0.4, -0.2) is 22.2 Å². The smallest absolute Gasteiger partial charge is 0.180 e. The van der Waals surface area contributed by atoms with Crippen LogP contribution in [-0.2, 0) is 0 Å². The van der Waals surface area contributed by atoms with Crippen molar-refractivity contribution in [1.82, 2.24) is 20.5 Å². The summed E-state index contributed by atoms with van der Waals surface area (Å²) in [4.78, 5) is 4.31. The van der Waals surface area contributed by atoms with E-state index in [-0.39, 0.29) is 0 Å². The second-order valence-corrected chi connectivity index (χ2v) is 5.35. The molecule has 0 aliphatic carbocycles. The SMILES string of the molecule is CNC(C)c1ccnc(Sc2nncs2)c1. The van der Waals surface area contributed by atoms with E-state index in [9.17, 15) is 0 Å². The van der Waals surface area contributed by atoms with E-state index >= 15 is 0 Å². The van der Waals surface area contributed by atoms with Crippen molar-refractivity contribution in [2.45, 2.75) is 22.3 Å². The average Bonchev–Trinajstić information content (AvgIpc) is 2.81. The van der Waals surface area contributed by atoms with Gasteiger partial charge in [0.25, 0.3) is 0 Å². The lowest BCUT2D eigenvalue weighted by Gasteiger charge is -2.10. The van der Waals surface area contributed by atoms with Crippen molar-refractivity contribution in [3.8, 4) is 0 Å². The lowest BCUT2D eigenvalue weighted by atomic mass is 10.1. The van der Waals surface area contributed by atoms with Gasteiger partial charge in [0.1, 0.15) is 10.5 Å². The summed E-state index contributed by atoms with van der Waals surface area (Å²) in [5, 5.41) is 11.9. The highest BCUT2D eigenvalue weighted by Gasteiger charge is 2.06. The Balaban J connectivity index is 2.16. The van der Waals surface area contributed by atoms with Gasteiger partial charge in [-0.05, 0) is 43.4 Å². The van der Waals surface area contributed by atoms with Crippen molar-refractivity contribution in [2.24, 2.45) is 0 Å². The molecule has 0 radical (unpaired) electrons. The summed E-state index contributed by atoms with van der Waals surface area (Å²) in [6.45, 7) is 2.12. The first-order valence-electron chi connectivity index (χ1n) is 4.87. The van der Waals surface area contributed by atoms with Gasteiger partial charge in [-0.3, -0.25) is 0 Å². The fourth-order valence-corrected chi connectivity index (χ4v) is 2.65. The van der Waals surface area contributed by atoms with Crippen LogP contribution in [0.5, 0.6) is 0 Å². The van der Waals surface area contributed by atoms with Crippen LogP contribution in [0, 0.1) is 0 Å². The summed E-state index contributed by atoms with van der Waals surface area (Å²) < 4.78 is 0.918. The Labute approximate surface area is 103 Å². The Morgan fingerprint density at radius 1 is 1.50 bits per heavy atom. The number of hydrogen-bond donors (Lipinski definition) is 1. The molecule has 2 aromatic rings. The highest BCUT2D eigenvalue weighted by molar-refractivity contribution is 8.00. The van der Waals surface area contributed by atoms with E-state index in [0.29, 0.717) is 6.04 Å². The predicted octanol–water partition coefficient (Wildman–Crippen LogP) is 2.36. The van der Waals surface area contributed by atoms with Crippen molar-refractivity contribution in [3.05, 3.63) is 29.4 Å². The van der Waals surface area contributed by atoms with Crippen LogP contribution in [0.4, 0.5) is 0 Å². The molecule has 1 atom stereocenters. The van der Waals surface area contributed by atoms with Crippen molar-refractivity contribution < 1.29 is 0 Å². The van der Waals surface area contributed by atoms with Crippen molar-refractivity contribution in [1.29, 1.82) is 0 Å². The Kier molecular flexibility index (Phi) is 3.87. The largest absolute Gasteiger partial charge is 0.313 e. The van der Waals surface area contributed by atoms with Gasteiger partial charge in [-0.2, -0.15) is 0 Å². The van der Waals surface area contributed by atoms with Crippen LogP contribution in [0.15, 0.2) is 33.2 Å². The molecule has 84 valence electrons. The van der Waals surface area contributed by atoms with Gasteiger partial charge in [0.05, 0.1) is 0 Å². The summed E-state index contributed by atoms with van der Waals surface area (Å²) in [5.74, 6) is 0. The maximum atomic E-state index is 4.31. The molecule has 0 saturated carbocycles. The third-order valence-corrected chi connectivity index (χ3v) is 3.93. The molecule has 2 rings (SSSR count). The Bertz CT molecular complexity index is 444. The first-order chi connectivity index (χ1) is 7.79. The van der Waals surface area contributed by atoms with Crippen LogP contribution in [0.2, 0.25) is 0 Å². The molecule has 0 amide bonds. The molecule has 4 nitrogen and oxygen atoms in total. The molecular weight excluding hydrogens is 240 g/mol. The molecule has 0 fully saturated rings. The zero-order valence-corrected chi connectivity index (χ0v) is 10.7. The molecule has 2 heterocycles. The van der Waals surface area contributed by atoms with Crippen molar-refractivity contribution in [3.63, 3.8) is 0 Å². The van der Waals surface area contributed by atoms with Gasteiger partial charge in [0.2, 0.25) is 0 Å². The van der Waals surface area contributed by atoms with E-state index in [1.54, 1.807) is 17.3 Å². The Morgan fingerprint density at radius 3 is 3.06 bits per heavy atom. The summed E-state index contributed by atoms with van der Waals surface area (Å²) in [6, 6.07) is 4.43. The summed E-state index contributed by atoms with van der Waals surface area (Å²) in [7, 11) is 1.95. The van der Waals surface area contributed by atoms with Crippen LogP contribution in [0.3, 0.4) is 0 Å². The maximum Gasteiger partial charge on any atom is 0.180 e. The molecule has 0 saturated heterocycles. The summed E-state index contributed by atoms with van der Waals surface area (Å²) in [6.07, 6.45) is 1.83. The number of rotatable bonds is 4. The third-order valence-electron chi connectivity index (χ3n) is 2.22.